The first-order chi connectivity index (χ1) is 12.0. The minimum Gasteiger partial charge on any atom is -0.466 e. The zero-order valence-electron chi connectivity index (χ0n) is 14.7. The molecule has 2 aliphatic rings. The average Bonchev–Trinajstić information content (AvgIpc) is 3.19. The third-order valence-corrected chi connectivity index (χ3v) is 5.33. The summed E-state index contributed by atoms with van der Waals surface area (Å²) < 4.78 is 10.6. The molecule has 3 rings (SSSR count). The van der Waals surface area contributed by atoms with E-state index < -0.39 is 5.41 Å². The summed E-state index contributed by atoms with van der Waals surface area (Å²) in [5.74, 6) is -0.315. The standard InChI is InChI=1S/C18H24N2O5/c1-3-24-17(23)18-7-5-8-19(16(22)15-6-4-9-25-15)10-14(18)11-20(12-18)13(2)21/h4,6,9,14H,3,5,7-8,10-12H2,1-2H3/t14-,18-/m1/s1. The first-order valence-corrected chi connectivity index (χ1v) is 8.73. The van der Waals surface area contributed by atoms with Crippen molar-refractivity contribution in [2.75, 3.05) is 32.8 Å². The van der Waals surface area contributed by atoms with E-state index >= 15 is 0 Å². The largest absolute Gasteiger partial charge is 0.466 e. The zero-order valence-corrected chi connectivity index (χ0v) is 14.7. The molecular formula is C18H24N2O5. The summed E-state index contributed by atoms with van der Waals surface area (Å²) in [7, 11) is 0. The Morgan fingerprint density at radius 1 is 1.32 bits per heavy atom. The van der Waals surface area contributed by atoms with Crippen molar-refractivity contribution in [3.8, 4) is 0 Å². The number of hydrogen-bond acceptors (Lipinski definition) is 5. The summed E-state index contributed by atoms with van der Waals surface area (Å²) in [4.78, 5) is 40.7. The van der Waals surface area contributed by atoms with Crippen LogP contribution in [0.5, 0.6) is 0 Å². The zero-order chi connectivity index (χ0) is 18.0. The van der Waals surface area contributed by atoms with Crippen molar-refractivity contribution in [2.45, 2.75) is 26.7 Å². The summed E-state index contributed by atoms with van der Waals surface area (Å²) in [5.41, 5.74) is -0.722. The second-order valence-electron chi connectivity index (χ2n) is 6.81. The van der Waals surface area contributed by atoms with Gasteiger partial charge in [0.1, 0.15) is 0 Å². The highest BCUT2D eigenvalue weighted by Crippen LogP contribution is 2.44. The van der Waals surface area contributed by atoms with Crippen LogP contribution in [0.2, 0.25) is 0 Å². The lowest BCUT2D eigenvalue weighted by atomic mass is 9.75. The highest BCUT2D eigenvalue weighted by molar-refractivity contribution is 5.91. The highest BCUT2D eigenvalue weighted by Gasteiger charge is 2.55. The maximum absolute atomic E-state index is 12.7. The monoisotopic (exact) mass is 348 g/mol. The van der Waals surface area contributed by atoms with Gasteiger partial charge >= 0.3 is 5.97 Å². The number of furan rings is 1. The number of fused-ring (bicyclic) bond motifs is 1. The summed E-state index contributed by atoms with van der Waals surface area (Å²) in [5, 5.41) is 0. The van der Waals surface area contributed by atoms with E-state index in [9.17, 15) is 14.4 Å². The van der Waals surface area contributed by atoms with Crippen molar-refractivity contribution in [1.29, 1.82) is 0 Å². The number of carbonyl (C=O) groups excluding carboxylic acids is 3. The van der Waals surface area contributed by atoms with Gasteiger partial charge < -0.3 is 19.0 Å². The molecule has 2 aliphatic heterocycles. The van der Waals surface area contributed by atoms with Crippen LogP contribution in [0.1, 0.15) is 37.2 Å². The molecule has 7 heteroatoms. The van der Waals surface area contributed by atoms with E-state index in [1.165, 1.54) is 13.2 Å². The molecular weight excluding hydrogens is 324 g/mol. The molecule has 2 amide bonds. The van der Waals surface area contributed by atoms with Crippen LogP contribution in [-0.2, 0) is 14.3 Å². The van der Waals surface area contributed by atoms with Gasteiger partial charge in [0.15, 0.2) is 5.76 Å². The molecule has 0 saturated carbocycles. The molecule has 0 bridgehead atoms. The number of esters is 1. The Balaban J connectivity index is 1.86. The van der Waals surface area contributed by atoms with Crippen LogP contribution in [0.25, 0.3) is 0 Å². The summed E-state index contributed by atoms with van der Waals surface area (Å²) in [6.45, 7) is 5.42. The Kier molecular flexibility index (Phi) is 4.83. The van der Waals surface area contributed by atoms with Crippen LogP contribution in [0, 0.1) is 11.3 Å². The van der Waals surface area contributed by atoms with Gasteiger partial charge in [-0.15, -0.1) is 0 Å². The second-order valence-corrected chi connectivity index (χ2v) is 6.81. The number of nitrogens with zero attached hydrogens (tertiary/aromatic N) is 2. The van der Waals surface area contributed by atoms with Gasteiger partial charge in [-0.2, -0.15) is 0 Å². The predicted octanol–water partition coefficient (Wildman–Crippen LogP) is 1.54. The number of rotatable bonds is 3. The molecule has 7 nitrogen and oxygen atoms in total. The maximum Gasteiger partial charge on any atom is 0.314 e. The van der Waals surface area contributed by atoms with Crippen LogP contribution >= 0.6 is 0 Å². The van der Waals surface area contributed by atoms with Gasteiger partial charge in [-0.25, -0.2) is 0 Å². The van der Waals surface area contributed by atoms with Gasteiger partial charge in [0.2, 0.25) is 5.91 Å². The van der Waals surface area contributed by atoms with Gasteiger partial charge in [-0.05, 0) is 31.9 Å². The summed E-state index contributed by atoms with van der Waals surface area (Å²) in [6, 6.07) is 3.32. The second kappa shape index (κ2) is 6.90. The predicted molar refractivity (Wildman–Crippen MR) is 88.7 cm³/mol. The number of amides is 2. The lowest BCUT2D eigenvalue weighted by Gasteiger charge is -2.31. The van der Waals surface area contributed by atoms with Crippen LogP contribution in [0.3, 0.4) is 0 Å². The van der Waals surface area contributed by atoms with Gasteiger partial charge in [0.25, 0.3) is 5.91 Å². The van der Waals surface area contributed by atoms with E-state index in [4.69, 9.17) is 9.15 Å². The fourth-order valence-electron chi connectivity index (χ4n) is 4.02. The van der Waals surface area contributed by atoms with Crippen molar-refractivity contribution >= 4 is 17.8 Å². The number of ether oxygens (including phenoxy) is 1. The molecule has 2 saturated heterocycles. The SMILES string of the molecule is CCOC(=O)[C@@]12CCCN(C(=O)c3ccco3)C[C@@H]1CN(C(C)=O)C2. The van der Waals surface area contributed by atoms with E-state index in [1.54, 1.807) is 28.9 Å². The molecule has 2 atom stereocenters. The number of carbonyl (C=O) groups is 3. The van der Waals surface area contributed by atoms with Crippen molar-refractivity contribution in [1.82, 2.24) is 9.80 Å². The van der Waals surface area contributed by atoms with Crippen LogP contribution in [0.4, 0.5) is 0 Å². The first-order valence-electron chi connectivity index (χ1n) is 8.73. The summed E-state index contributed by atoms with van der Waals surface area (Å²) >= 11 is 0. The van der Waals surface area contributed by atoms with Crippen LogP contribution < -0.4 is 0 Å². The molecule has 0 aromatic carbocycles. The third-order valence-electron chi connectivity index (χ3n) is 5.33. The lowest BCUT2D eigenvalue weighted by Crippen LogP contribution is -2.43. The molecule has 0 spiro atoms. The molecule has 3 heterocycles. The first kappa shape index (κ1) is 17.5. The normalized spacial score (nSPS) is 26.1. The minimum atomic E-state index is -0.722. The number of likely N-dealkylation sites (tertiary alicyclic amines) is 2. The van der Waals surface area contributed by atoms with Gasteiger partial charge in [-0.3, -0.25) is 14.4 Å². The maximum atomic E-state index is 12.7. The third kappa shape index (κ3) is 3.15. The molecule has 2 fully saturated rings. The molecule has 0 aliphatic carbocycles. The molecule has 136 valence electrons. The van der Waals surface area contributed by atoms with E-state index in [2.05, 4.69) is 0 Å². The summed E-state index contributed by atoms with van der Waals surface area (Å²) in [6.07, 6.45) is 2.77. The molecule has 25 heavy (non-hydrogen) atoms. The molecule has 1 aromatic rings. The fourth-order valence-corrected chi connectivity index (χ4v) is 4.02. The van der Waals surface area contributed by atoms with Gasteiger partial charge in [0.05, 0.1) is 18.3 Å². The minimum absolute atomic E-state index is 0.0549. The van der Waals surface area contributed by atoms with Crippen molar-refractivity contribution in [2.24, 2.45) is 11.3 Å². The topological polar surface area (TPSA) is 80.1 Å². The molecule has 0 radical (unpaired) electrons. The Morgan fingerprint density at radius 3 is 2.72 bits per heavy atom. The molecule has 0 unspecified atom stereocenters. The fraction of sp³-hybridized carbons (Fsp3) is 0.611. The smallest absolute Gasteiger partial charge is 0.314 e. The average molecular weight is 348 g/mol. The highest BCUT2D eigenvalue weighted by atomic mass is 16.5. The van der Waals surface area contributed by atoms with Crippen LogP contribution in [-0.4, -0.2) is 60.4 Å². The lowest BCUT2D eigenvalue weighted by molar-refractivity contribution is -0.157. The Morgan fingerprint density at radius 2 is 2.08 bits per heavy atom. The molecule has 0 N–H and O–H groups in total. The van der Waals surface area contributed by atoms with Gasteiger partial charge in [0, 0.05) is 39.0 Å². The van der Waals surface area contributed by atoms with E-state index in [0.29, 0.717) is 51.4 Å². The van der Waals surface area contributed by atoms with E-state index in [1.807, 2.05) is 0 Å². The van der Waals surface area contributed by atoms with Crippen molar-refractivity contribution in [3.63, 3.8) is 0 Å². The Labute approximate surface area is 146 Å². The molecule has 1 aromatic heterocycles. The van der Waals surface area contributed by atoms with Crippen LogP contribution in [0.15, 0.2) is 22.8 Å². The quantitative estimate of drug-likeness (QED) is 0.774. The van der Waals surface area contributed by atoms with Crippen molar-refractivity contribution < 1.29 is 23.5 Å². The Bertz CT molecular complexity index is 656. The van der Waals surface area contributed by atoms with Gasteiger partial charge in [-0.1, -0.05) is 0 Å². The van der Waals surface area contributed by atoms with Crippen molar-refractivity contribution in [3.05, 3.63) is 24.2 Å². The Hall–Kier alpha value is -2.31. The van der Waals surface area contributed by atoms with E-state index in [0.717, 1.165) is 0 Å². The van der Waals surface area contributed by atoms with E-state index in [-0.39, 0.29) is 23.7 Å². The number of hydrogen-bond donors (Lipinski definition) is 0.